The smallest absolute Gasteiger partial charge is 0.104 e. The molecule has 0 aliphatic carbocycles. The van der Waals surface area contributed by atoms with E-state index in [0.717, 1.165) is 25.3 Å². The maximum atomic E-state index is 9.35. The van der Waals surface area contributed by atoms with Gasteiger partial charge in [-0.25, -0.2) is 0 Å². The van der Waals surface area contributed by atoms with Crippen molar-refractivity contribution in [2.75, 3.05) is 33.7 Å². The van der Waals surface area contributed by atoms with Crippen LogP contribution >= 0.6 is 0 Å². The lowest BCUT2D eigenvalue weighted by atomic mass is 9.95. The maximum absolute atomic E-state index is 9.35. The third-order valence-corrected chi connectivity index (χ3v) is 4.57. The molecule has 0 aromatic heterocycles. The van der Waals surface area contributed by atoms with Gasteiger partial charge in [0.15, 0.2) is 0 Å². The number of unbranched alkanes of at least 4 members (excludes halogenated alkanes) is 1. The Labute approximate surface area is 131 Å². The first kappa shape index (κ1) is 18.4. The molecule has 1 fully saturated rings. The summed E-state index contributed by atoms with van der Waals surface area (Å²) in [6.45, 7) is 12.1. The number of likely N-dealkylation sites (tertiary alicyclic amines) is 1. The summed E-state index contributed by atoms with van der Waals surface area (Å²) < 4.78 is 0. The summed E-state index contributed by atoms with van der Waals surface area (Å²) in [5.41, 5.74) is -0.376. The summed E-state index contributed by atoms with van der Waals surface area (Å²) in [4.78, 5) is 4.93. The van der Waals surface area contributed by atoms with Crippen molar-refractivity contribution in [1.29, 1.82) is 5.26 Å². The molecule has 3 unspecified atom stereocenters. The van der Waals surface area contributed by atoms with Gasteiger partial charge in [-0.05, 0) is 66.6 Å². The molecule has 1 rings (SSSR count). The highest BCUT2D eigenvalue weighted by Gasteiger charge is 2.30. The van der Waals surface area contributed by atoms with Crippen LogP contribution in [0.15, 0.2) is 0 Å². The molecular weight excluding hydrogens is 260 g/mol. The molecule has 0 radical (unpaired) electrons. The van der Waals surface area contributed by atoms with Crippen molar-refractivity contribution < 1.29 is 0 Å². The molecule has 1 heterocycles. The van der Waals surface area contributed by atoms with E-state index < -0.39 is 0 Å². The molecule has 0 saturated carbocycles. The van der Waals surface area contributed by atoms with Crippen LogP contribution in [0, 0.1) is 17.2 Å². The van der Waals surface area contributed by atoms with Crippen molar-refractivity contribution in [3.8, 4) is 6.07 Å². The minimum atomic E-state index is -0.376. The Morgan fingerprint density at radius 3 is 2.48 bits per heavy atom. The molecule has 4 heteroatoms. The first-order valence-electron chi connectivity index (χ1n) is 8.35. The fourth-order valence-corrected chi connectivity index (χ4v) is 3.51. The molecule has 1 N–H and O–H groups in total. The zero-order valence-corrected chi connectivity index (χ0v) is 14.8. The summed E-state index contributed by atoms with van der Waals surface area (Å²) in [5, 5.41) is 12.7. The number of nitrogens with zero attached hydrogens (tertiary/aromatic N) is 3. The lowest BCUT2D eigenvalue weighted by molar-refractivity contribution is 0.249. The number of nitriles is 1. The molecule has 0 aromatic carbocycles. The minimum absolute atomic E-state index is 0.356. The zero-order chi connectivity index (χ0) is 16.0. The minimum Gasteiger partial charge on any atom is -0.305 e. The van der Waals surface area contributed by atoms with E-state index in [0.29, 0.717) is 12.1 Å². The van der Waals surface area contributed by atoms with Crippen molar-refractivity contribution in [3.05, 3.63) is 0 Å². The Kier molecular flexibility index (Phi) is 7.12. The van der Waals surface area contributed by atoms with E-state index in [-0.39, 0.29) is 5.54 Å². The third-order valence-electron chi connectivity index (χ3n) is 4.57. The highest BCUT2D eigenvalue weighted by atomic mass is 15.2. The molecule has 1 aliphatic rings. The number of likely N-dealkylation sites (N-methyl/N-ethyl adjacent to an activating group) is 1. The Morgan fingerprint density at radius 1 is 1.33 bits per heavy atom. The van der Waals surface area contributed by atoms with Gasteiger partial charge in [0.05, 0.1) is 6.07 Å². The van der Waals surface area contributed by atoms with Crippen LogP contribution in [0.4, 0.5) is 0 Å². The monoisotopic (exact) mass is 294 g/mol. The second-order valence-corrected chi connectivity index (χ2v) is 7.47. The molecule has 4 nitrogen and oxygen atoms in total. The van der Waals surface area contributed by atoms with Gasteiger partial charge in [0.2, 0.25) is 0 Å². The standard InChI is InChI=1S/C17H34N4/c1-14(2)19-17(4,13-18)9-7-8-10-21-11-15(3)16(12-21)20(5)6/h14-16,19H,7-12H2,1-6H3. The number of nitrogens with one attached hydrogen (secondary N) is 1. The molecule has 0 aromatic rings. The number of hydrogen-bond donors (Lipinski definition) is 1. The summed E-state index contributed by atoms with van der Waals surface area (Å²) in [6.07, 6.45) is 3.23. The van der Waals surface area contributed by atoms with Gasteiger partial charge in [0.1, 0.15) is 5.54 Å². The van der Waals surface area contributed by atoms with E-state index >= 15 is 0 Å². The summed E-state index contributed by atoms with van der Waals surface area (Å²) >= 11 is 0. The van der Waals surface area contributed by atoms with Crippen molar-refractivity contribution >= 4 is 0 Å². The van der Waals surface area contributed by atoms with Gasteiger partial charge >= 0.3 is 0 Å². The fraction of sp³-hybridized carbons (Fsp3) is 0.941. The van der Waals surface area contributed by atoms with Crippen LogP contribution in [0.3, 0.4) is 0 Å². The van der Waals surface area contributed by atoms with E-state index in [9.17, 15) is 5.26 Å². The average Bonchev–Trinajstić information content (AvgIpc) is 2.75. The lowest BCUT2D eigenvalue weighted by Gasteiger charge is -2.26. The summed E-state index contributed by atoms with van der Waals surface area (Å²) in [7, 11) is 4.36. The molecule has 0 spiro atoms. The molecule has 1 aliphatic heterocycles. The van der Waals surface area contributed by atoms with Crippen LogP contribution in [0.1, 0.15) is 47.0 Å². The predicted molar refractivity (Wildman–Crippen MR) is 89.2 cm³/mol. The maximum Gasteiger partial charge on any atom is 0.104 e. The van der Waals surface area contributed by atoms with E-state index in [1.165, 1.54) is 19.5 Å². The van der Waals surface area contributed by atoms with Gasteiger partial charge in [0.25, 0.3) is 0 Å². The van der Waals surface area contributed by atoms with Crippen molar-refractivity contribution in [2.45, 2.75) is 64.6 Å². The van der Waals surface area contributed by atoms with Crippen molar-refractivity contribution in [2.24, 2.45) is 5.92 Å². The van der Waals surface area contributed by atoms with Crippen molar-refractivity contribution in [1.82, 2.24) is 15.1 Å². The van der Waals surface area contributed by atoms with Crippen LogP contribution in [-0.2, 0) is 0 Å². The fourth-order valence-electron chi connectivity index (χ4n) is 3.51. The summed E-state index contributed by atoms with van der Waals surface area (Å²) in [5.74, 6) is 0.756. The molecule has 21 heavy (non-hydrogen) atoms. The zero-order valence-electron chi connectivity index (χ0n) is 14.8. The highest BCUT2D eigenvalue weighted by molar-refractivity contribution is 5.04. The predicted octanol–water partition coefficient (Wildman–Crippen LogP) is 2.32. The van der Waals surface area contributed by atoms with Crippen molar-refractivity contribution in [3.63, 3.8) is 0 Å². The quantitative estimate of drug-likeness (QED) is 0.698. The van der Waals surface area contributed by atoms with Crippen LogP contribution in [0.25, 0.3) is 0 Å². The van der Waals surface area contributed by atoms with Gasteiger partial charge in [-0.15, -0.1) is 0 Å². The van der Waals surface area contributed by atoms with Gasteiger partial charge in [0, 0.05) is 25.2 Å². The largest absolute Gasteiger partial charge is 0.305 e. The molecule has 1 saturated heterocycles. The molecule has 0 amide bonds. The van der Waals surface area contributed by atoms with Gasteiger partial charge in [-0.3, -0.25) is 5.32 Å². The van der Waals surface area contributed by atoms with Crippen LogP contribution in [-0.4, -0.2) is 61.2 Å². The average molecular weight is 294 g/mol. The Balaban J connectivity index is 2.27. The SMILES string of the molecule is CC(C)NC(C)(C#N)CCCCN1CC(C)C(N(C)C)C1. The van der Waals surface area contributed by atoms with Gasteiger partial charge in [-0.2, -0.15) is 5.26 Å². The Bertz CT molecular complexity index is 347. The summed E-state index contributed by atoms with van der Waals surface area (Å²) in [6, 6.07) is 3.48. The number of hydrogen-bond acceptors (Lipinski definition) is 4. The first-order valence-corrected chi connectivity index (χ1v) is 8.35. The van der Waals surface area contributed by atoms with Crippen LogP contribution in [0.5, 0.6) is 0 Å². The molecule has 122 valence electrons. The second kappa shape index (κ2) is 8.12. The molecule has 3 atom stereocenters. The number of rotatable bonds is 8. The van der Waals surface area contributed by atoms with E-state index in [2.05, 4.69) is 56.1 Å². The lowest BCUT2D eigenvalue weighted by Crippen LogP contribution is -2.45. The van der Waals surface area contributed by atoms with Crippen LogP contribution < -0.4 is 5.32 Å². The van der Waals surface area contributed by atoms with Gasteiger partial charge in [-0.1, -0.05) is 6.92 Å². The van der Waals surface area contributed by atoms with E-state index in [4.69, 9.17) is 0 Å². The normalized spacial score (nSPS) is 26.2. The topological polar surface area (TPSA) is 42.3 Å². The Morgan fingerprint density at radius 2 is 2.00 bits per heavy atom. The first-order chi connectivity index (χ1) is 9.77. The van der Waals surface area contributed by atoms with E-state index in [1.807, 2.05) is 6.92 Å². The van der Waals surface area contributed by atoms with E-state index in [1.54, 1.807) is 0 Å². The second-order valence-electron chi connectivity index (χ2n) is 7.47. The Hall–Kier alpha value is -0.630. The highest BCUT2D eigenvalue weighted by Crippen LogP contribution is 2.21. The van der Waals surface area contributed by atoms with Gasteiger partial charge < -0.3 is 9.80 Å². The third kappa shape index (κ3) is 5.94. The molecular formula is C17H34N4. The molecule has 0 bridgehead atoms. The van der Waals surface area contributed by atoms with Crippen LogP contribution in [0.2, 0.25) is 0 Å².